The minimum atomic E-state index is -2.88. The molecule has 0 rings (SSSR count). The summed E-state index contributed by atoms with van der Waals surface area (Å²) in [5, 5.41) is 0. The molecule has 0 bridgehead atoms. The standard InChI is InChI=1S/3FH.In.Zn.2H/h3*1H;;;;/q;;;+1;+2;;/p-3. The van der Waals surface area contributed by atoms with Crippen molar-refractivity contribution in [3.63, 3.8) is 0 Å². The molecular formula is H2F3InZn. The Kier molecular flexibility index (Phi) is 35.5. The SMILES string of the molecule is [F][InH2].[F][Zn][F]. The van der Waals surface area contributed by atoms with Gasteiger partial charge in [-0.3, -0.25) is 0 Å². The molecule has 5 heavy (non-hydrogen) atoms. The summed E-state index contributed by atoms with van der Waals surface area (Å²) in [4.78, 5) is 0. The van der Waals surface area contributed by atoms with E-state index in [0.717, 1.165) is 0 Å². The van der Waals surface area contributed by atoms with Gasteiger partial charge in [0.25, 0.3) is 0 Å². The summed E-state index contributed by atoms with van der Waals surface area (Å²) in [6.45, 7) is 0. The third-order valence-electron chi connectivity index (χ3n) is 0. The molecule has 0 aromatic heterocycles. The van der Waals surface area contributed by atoms with E-state index in [1.54, 1.807) is 0 Å². The second-order valence-corrected chi connectivity index (χ2v) is 0.525. The van der Waals surface area contributed by atoms with Gasteiger partial charge in [0.1, 0.15) is 0 Å². The number of halogens is 3. The first kappa shape index (κ1) is 9.56. The second-order valence-electron chi connectivity index (χ2n) is 0.101. The summed E-state index contributed by atoms with van der Waals surface area (Å²) in [6, 6.07) is 0. The average Bonchev–Trinajstić information content (AvgIpc) is 1.46. The molecular weight excluding hydrogens is 237 g/mol. The molecule has 0 aromatic rings. The maximum absolute atomic E-state index is 9.81. The average molecular weight is 239 g/mol. The Morgan fingerprint density at radius 2 is 1.20 bits per heavy atom. The summed E-state index contributed by atoms with van der Waals surface area (Å²) >= 11 is -3.42. The zero-order valence-electron chi connectivity index (χ0n) is 2.84. The van der Waals surface area contributed by atoms with Crippen LogP contribution in [0.4, 0.5) is 9.30 Å². The molecule has 0 aliphatic heterocycles. The Labute approximate surface area is 52.3 Å². The van der Waals surface area contributed by atoms with E-state index in [0.29, 0.717) is 0 Å². The van der Waals surface area contributed by atoms with Gasteiger partial charge >= 0.3 is 52.4 Å². The van der Waals surface area contributed by atoms with E-state index in [4.69, 9.17) is 0 Å². The van der Waals surface area contributed by atoms with Crippen LogP contribution in [0.15, 0.2) is 0 Å². The molecule has 0 heterocycles. The molecule has 0 unspecified atom stereocenters. The van der Waals surface area contributed by atoms with Gasteiger partial charge in [0.05, 0.1) is 0 Å². The molecule has 0 spiro atoms. The van der Waals surface area contributed by atoms with E-state index in [2.05, 4.69) is 0 Å². The summed E-state index contributed by atoms with van der Waals surface area (Å²) < 4.78 is 29.3. The van der Waals surface area contributed by atoms with Crippen molar-refractivity contribution in [1.82, 2.24) is 0 Å². The molecule has 0 aliphatic rings. The second kappa shape index (κ2) is 18.6. The summed E-state index contributed by atoms with van der Waals surface area (Å²) in [5.41, 5.74) is 0. The van der Waals surface area contributed by atoms with Crippen LogP contribution in [0.3, 0.4) is 0 Å². The quantitative estimate of drug-likeness (QED) is 0.535. The molecule has 0 amide bonds. The van der Waals surface area contributed by atoms with E-state index < -0.39 is 43.1 Å². The van der Waals surface area contributed by atoms with Crippen molar-refractivity contribution in [3.8, 4) is 0 Å². The molecule has 0 N–H and O–H groups in total. The van der Waals surface area contributed by atoms with Gasteiger partial charge in [-0.2, -0.15) is 0 Å². The van der Waals surface area contributed by atoms with Gasteiger partial charge in [0, 0.05) is 0 Å². The van der Waals surface area contributed by atoms with Crippen LogP contribution < -0.4 is 0 Å². The van der Waals surface area contributed by atoms with E-state index in [1.165, 1.54) is 0 Å². The van der Waals surface area contributed by atoms with Gasteiger partial charge in [-0.25, -0.2) is 0 Å². The third-order valence-corrected chi connectivity index (χ3v) is 0. The van der Waals surface area contributed by atoms with Crippen LogP contribution in [0.25, 0.3) is 0 Å². The predicted octanol–water partition coefficient (Wildman–Crippen LogP) is 0.342. The zero-order chi connectivity index (χ0) is 4.71. The molecule has 0 nitrogen and oxygen atoms in total. The van der Waals surface area contributed by atoms with Gasteiger partial charge in [0.2, 0.25) is 0 Å². The number of hydrogen-bond acceptors (Lipinski definition) is 0. The van der Waals surface area contributed by atoms with Gasteiger partial charge in [-0.05, 0) is 0 Å². The Hall–Kier alpha value is 1.28. The van der Waals surface area contributed by atoms with Crippen molar-refractivity contribution in [2.75, 3.05) is 0 Å². The van der Waals surface area contributed by atoms with E-state index in [-0.39, 0.29) is 0 Å². The molecule has 0 saturated heterocycles. The fourth-order valence-electron chi connectivity index (χ4n) is 0. The first-order valence-electron chi connectivity index (χ1n) is 0.912. The van der Waals surface area contributed by atoms with Crippen molar-refractivity contribution in [2.24, 2.45) is 0 Å². The Bertz CT molecular complexity index is 6.85. The van der Waals surface area contributed by atoms with E-state index in [9.17, 15) is 9.30 Å². The topological polar surface area (TPSA) is 0 Å². The summed E-state index contributed by atoms with van der Waals surface area (Å²) in [5.74, 6) is 0. The van der Waals surface area contributed by atoms with E-state index >= 15 is 0 Å². The van der Waals surface area contributed by atoms with E-state index in [1.807, 2.05) is 0 Å². The zero-order valence-corrected chi connectivity index (χ0v) is 11.5. The van der Waals surface area contributed by atoms with Crippen LogP contribution in [-0.4, -0.2) is 25.0 Å². The van der Waals surface area contributed by atoms with Crippen molar-refractivity contribution >= 4 is 25.0 Å². The minimum absolute atomic E-state index is 0.550. The van der Waals surface area contributed by atoms with Gasteiger partial charge < -0.3 is 0 Å². The van der Waals surface area contributed by atoms with Crippen molar-refractivity contribution < 1.29 is 27.4 Å². The van der Waals surface area contributed by atoms with Crippen LogP contribution in [0, 0.1) is 0 Å². The van der Waals surface area contributed by atoms with Gasteiger partial charge in [-0.1, -0.05) is 0 Å². The van der Waals surface area contributed by atoms with Crippen LogP contribution in [0.2, 0.25) is 0 Å². The number of hydrogen-bond donors (Lipinski definition) is 0. The number of rotatable bonds is 0. The molecule has 0 saturated carbocycles. The van der Waals surface area contributed by atoms with Crippen LogP contribution >= 0.6 is 0 Å². The first-order chi connectivity index (χ1) is 2.41. The van der Waals surface area contributed by atoms with Gasteiger partial charge in [-0.15, -0.1) is 0 Å². The monoisotopic (exact) mass is 238 g/mol. The van der Waals surface area contributed by atoms with Crippen LogP contribution in [-0.2, 0) is 18.1 Å². The summed E-state index contributed by atoms with van der Waals surface area (Å²) in [7, 11) is 0. The molecule has 0 aromatic carbocycles. The van der Waals surface area contributed by atoms with Crippen LogP contribution in [0.5, 0.6) is 0 Å². The fraction of sp³-hybridized carbons (Fsp3) is 0. The molecule has 28 valence electrons. The third kappa shape index (κ3) is 34.6. The molecule has 0 radical (unpaired) electrons. The van der Waals surface area contributed by atoms with Crippen molar-refractivity contribution in [3.05, 3.63) is 0 Å². The van der Waals surface area contributed by atoms with Gasteiger partial charge in [0.15, 0.2) is 0 Å². The first-order valence-corrected chi connectivity index (χ1v) is 5.31. The van der Waals surface area contributed by atoms with Crippen molar-refractivity contribution in [2.45, 2.75) is 0 Å². The molecule has 0 fully saturated rings. The predicted molar refractivity (Wildman–Crippen MR) is 11.9 cm³/mol. The summed E-state index contributed by atoms with van der Waals surface area (Å²) in [6.07, 6.45) is 0. The Balaban J connectivity index is 0. The Morgan fingerprint density at radius 3 is 1.20 bits per heavy atom. The van der Waals surface area contributed by atoms with Crippen molar-refractivity contribution in [1.29, 1.82) is 0 Å². The maximum atomic E-state index is 9.81. The molecule has 0 aliphatic carbocycles. The molecule has 0 atom stereocenters. The fourth-order valence-corrected chi connectivity index (χ4v) is 0. The Morgan fingerprint density at radius 1 is 1.20 bits per heavy atom. The van der Waals surface area contributed by atoms with Crippen LogP contribution in [0.1, 0.15) is 0 Å². The molecule has 5 heteroatoms. The normalized spacial score (nSPS) is 3.00.